The van der Waals surface area contributed by atoms with Crippen LogP contribution in [0.2, 0.25) is 0 Å². The topological polar surface area (TPSA) is 82.3 Å². The van der Waals surface area contributed by atoms with Gasteiger partial charge in [-0.1, -0.05) is 18.2 Å². The van der Waals surface area contributed by atoms with Crippen molar-refractivity contribution >= 4 is 11.3 Å². The molecule has 0 spiro atoms. The minimum absolute atomic E-state index is 0.492. The molecule has 1 N–H and O–H groups in total. The average molecular weight is 360 g/mol. The third kappa shape index (κ3) is 3.64. The monoisotopic (exact) mass is 360 g/mol. The zero-order chi connectivity index (χ0) is 17.8. The second-order valence-corrected chi connectivity index (χ2v) is 6.31. The minimum atomic E-state index is -0.583. The molecule has 0 saturated heterocycles. The maximum absolute atomic E-state index is 9.81. The number of aliphatic hydroxyl groups is 1. The summed E-state index contributed by atoms with van der Waals surface area (Å²) in [4.78, 5) is 4.67. The molecule has 25 heavy (non-hydrogen) atoms. The summed E-state index contributed by atoms with van der Waals surface area (Å²) in [6.45, 7) is 2.39. The van der Waals surface area contributed by atoms with Gasteiger partial charge in [-0.15, -0.1) is 16.4 Å². The third-order valence-corrected chi connectivity index (χ3v) is 4.72. The molecule has 0 aliphatic heterocycles. The molecule has 1 unspecified atom stereocenters. The van der Waals surface area contributed by atoms with Gasteiger partial charge in [-0.2, -0.15) is 0 Å². The van der Waals surface area contributed by atoms with Gasteiger partial charge >= 0.3 is 0 Å². The van der Waals surface area contributed by atoms with E-state index < -0.39 is 6.10 Å². The molecule has 2 aromatic heterocycles. The van der Waals surface area contributed by atoms with E-state index in [0.717, 1.165) is 16.3 Å². The Hall–Kier alpha value is -2.45. The molecule has 0 aliphatic carbocycles. The highest BCUT2D eigenvalue weighted by molar-refractivity contribution is 7.13. The highest BCUT2D eigenvalue weighted by Crippen LogP contribution is 2.39. The van der Waals surface area contributed by atoms with Gasteiger partial charge in [-0.3, -0.25) is 0 Å². The first-order chi connectivity index (χ1) is 12.2. The van der Waals surface area contributed by atoms with Crippen LogP contribution < -0.4 is 9.47 Å². The Morgan fingerprint density at radius 1 is 1.28 bits per heavy atom. The van der Waals surface area contributed by atoms with Gasteiger partial charge in [0.2, 0.25) is 0 Å². The van der Waals surface area contributed by atoms with Gasteiger partial charge in [-0.25, -0.2) is 9.67 Å². The summed E-state index contributed by atoms with van der Waals surface area (Å²) in [6.07, 6.45) is 1.77. The Morgan fingerprint density at radius 3 is 2.84 bits per heavy atom. The lowest BCUT2D eigenvalue weighted by molar-refractivity contribution is 0.168. The van der Waals surface area contributed by atoms with Crippen molar-refractivity contribution in [2.75, 3.05) is 14.2 Å². The van der Waals surface area contributed by atoms with Gasteiger partial charge in [0.25, 0.3) is 0 Å². The first kappa shape index (κ1) is 17.4. The van der Waals surface area contributed by atoms with Gasteiger partial charge in [0.1, 0.15) is 10.7 Å². The molecule has 7 nitrogen and oxygen atoms in total. The molecule has 0 bridgehead atoms. The number of aliphatic hydroxyl groups excluding tert-OH is 1. The van der Waals surface area contributed by atoms with Crippen LogP contribution in [0.3, 0.4) is 0 Å². The van der Waals surface area contributed by atoms with Gasteiger partial charge in [-0.05, 0) is 18.6 Å². The first-order valence-corrected chi connectivity index (χ1v) is 8.78. The van der Waals surface area contributed by atoms with Crippen molar-refractivity contribution in [1.82, 2.24) is 20.0 Å². The van der Waals surface area contributed by atoms with Crippen LogP contribution in [0.5, 0.6) is 11.5 Å². The van der Waals surface area contributed by atoms with Crippen molar-refractivity contribution in [3.8, 4) is 22.1 Å². The number of para-hydroxylation sites is 1. The Bertz CT molecular complexity index is 846. The fourth-order valence-corrected chi connectivity index (χ4v) is 3.31. The normalized spacial score (nSPS) is 12.2. The van der Waals surface area contributed by atoms with E-state index in [2.05, 4.69) is 15.3 Å². The summed E-state index contributed by atoms with van der Waals surface area (Å²) < 4.78 is 12.5. The van der Waals surface area contributed by atoms with Crippen LogP contribution in [-0.2, 0) is 6.54 Å². The van der Waals surface area contributed by atoms with E-state index in [-0.39, 0.29) is 0 Å². The summed E-state index contributed by atoms with van der Waals surface area (Å²) in [5.74, 6) is 1.34. The number of ether oxygens (including phenoxy) is 2. The van der Waals surface area contributed by atoms with E-state index in [1.165, 1.54) is 11.3 Å². The van der Waals surface area contributed by atoms with Gasteiger partial charge in [0.05, 0.1) is 44.3 Å². The zero-order valence-electron chi connectivity index (χ0n) is 14.3. The second-order valence-electron chi connectivity index (χ2n) is 5.45. The van der Waals surface area contributed by atoms with Crippen LogP contribution in [0.25, 0.3) is 10.6 Å². The summed E-state index contributed by atoms with van der Waals surface area (Å²) in [5, 5.41) is 20.7. The Kier molecular flexibility index (Phi) is 5.30. The van der Waals surface area contributed by atoms with E-state index >= 15 is 0 Å². The van der Waals surface area contributed by atoms with Gasteiger partial charge in [0, 0.05) is 5.38 Å². The smallest absolute Gasteiger partial charge is 0.170 e. The fraction of sp³-hybridized carbons (Fsp3) is 0.353. The molecule has 3 rings (SSSR count). The van der Waals surface area contributed by atoms with Crippen LogP contribution in [0, 0.1) is 0 Å². The molecule has 0 fully saturated rings. The predicted molar refractivity (Wildman–Crippen MR) is 95.0 cm³/mol. The largest absolute Gasteiger partial charge is 0.493 e. The van der Waals surface area contributed by atoms with Gasteiger partial charge < -0.3 is 14.6 Å². The number of methoxy groups -OCH3 is 2. The molecule has 1 atom stereocenters. The van der Waals surface area contributed by atoms with Crippen molar-refractivity contribution in [3.63, 3.8) is 0 Å². The lowest BCUT2D eigenvalue weighted by Crippen LogP contribution is -2.01. The predicted octanol–water partition coefficient (Wildman–Crippen LogP) is 2.91. The van der Waals surface area contributed by atoms with E-state index in [1.807, 2.05) is 30.5 Å². The molecule has 0 amide bonds. The number of hydrogen-bond donors (Lipinski definition) is 1. The highest BCUT2D eigenvalue weighted by Gasteiger charge is 2.15. The standard InChI is InChI=1S/C17H20N4O3S/c1-4-14(22)13-9-21(20-19-13)8-11-10-25-17(18-11)12-6-5-7-15(23-2)16(12)24-3/h5-7,9-10,14,22H,4,8H2,1-3H3. The Balaban J connectivity index is 1.82. The first-order valence-electron chi connectivity index (χ1n) is 7.90. The van der Waals surface area contributed by atoms with Crippen LogP contribution >= 0.6 is 11.3 Å². The van der Waals surface area contributed by atoms with Crippen molar-refractivity contribution in [3.05, 3.63) is 41.2 Å². The molecule has 132 valence electrons. The molecule has 0 saturated carbocycles. The minimum Gasteiger partial charge on any atom is -0.493 e. The summed E-state index contributed by atoms with van der Waals surface area (Å²) in [7, 11) is 3.23. The lowest BCUT2D eigenvalue weighted by atomic mass is 10.2. The van der Waals surface area contributed by atoms with E-state index in [0.29, 0.717) is 30.2 Å². The summed E-state index contributed by atoms with van der Waals surface area (Å²) in [5.41, 5.74) is 2.33. The van der Waals surface area contributed by atoms with Crippen molar-refractivity contribution in [2.24, 2.45) is 0 Å². The third-order valence-electron chi connectivity index (χ3n) is 3.79. The van der Waals surface area contributed by atoms with E-state index in [9.17, 15) is 5.11 Å². The molecule has 1 aromatic carbocycles. The van der Waals surface area contributed by atoms with Crippen molar-refractivity contribution < 1.29 is 14.6 Å². The Morgan fingerprint density at radius 2 is 2.12 bits per heavy atom. The number of rotatable bonds is 7. The van der Waals surface area contributed by atoms with E-state index in [1.54, 1.807) is 25.1 Å². The number of thiazole rings is 1. The van der Waals surface area contributed by atoms with Crippen molar-refractivity contribution in [1.29, 1.82) is 0 Å². The quantitative estimate of drug-likeness (QED) is 0.698. The molecule has 3 aromatic rings. The lowest BCUT2D eigenvalue weighted by Gasteiger charge is -2.10. The number of aromatic nitrogens is 4. The van der Waals surface area contributed by atoms with Crippen LogP contribution in [-0.4, -0.2) is 39.3 Å². The van der Waals surface area contributed by atoms with Gasteiger partial charge in [0.15, 0.2) is 11.5 Å². The molecular weight excluding hydrogens is 340 g/mol. The van der Waals surface area contributed by atoms with Crippen LogP contribution in [0.4, 0.5) is 0 Å². The Labute approximate surface area is 149 Å². The van der Waals surface area contributed by atoms with Crippen molar-refractivity contribution in [2.45, 2.75) is 26.0 Å². The molecule has 8 heteroatoms. The molecule has 0 radical (unpaired) electrons. The molecule has 2 heterocycles. The average Bonchev–Trinajstić information content (AvgIpc) is 3.30. The SMILES string of the molecule is CCC(O)c1cn(Cc2csc(-c3cccc(OC)c3OC)n2)nn1. The zero-order valence-corrected chi connectivity index (χ0v) is 15.2. The number of benzene rings is 1. The maximum Gasteiger partial charge on any atom is 0.170 e. The molecular formula is C17H20N4O3S. The molecule has 0 aliphatic rings. The van der Waals surface area contributed by atoms with E-state index in [4.69, 9.17) is 9.47 Å². The number of nitrogens with zero attached hydrogens (tertiary/aromatic N) is 4. The van der Waals surface area contributed by atoms with Crippen LogP contribution in [0.15, 0.2) is 29.8 Å². The maximum atomic E-state index is 9.81. The summed E-state index contributed by atoms with van der Waals surface area (Å²) in [6, 6.07) is 5.72. The fourth-order valence-electron chi connectivity index (χ4n) is 2.48. The second kappa shape index (κ2) is 7.62. The highest BCUT2D eigenvalue weighted by atomic mass is 32.1. The summed E-state index contributed by atoms with van der Waals surface area (Å²) >= 11 is 1.53. The van der Waals surface area contributed by atoms with Crippen LogP contribution in [0.1, 0.15) is 30.8 Å². The number of hydrogen-bond acceptors (Lipinski definition) is 7.